The van der Waals surface area contributed by atoms with E-state index in [-0.39, 0.29) is 23.7 Å². The summed E-state index contributed by atoms with van der Waals surface area (Å²) in [7, 11) is -3.67. The van der Waals surface area contributed by atoms with Crippen LogP contribution in [0.15, 0.2) is 35.4 Å². The molecule has 0 bridgehead atoms. The average molecular weight is 380 g/mol. The number of rotatable bonds is 9. The van der Waals surface area contributed by atoms with Gasteiger partial charge < -0.3 is 11.1 Å². The quantitative estimate of drug-likeness (QED) is 0.590. The fraction of sp³-hybridized carbons (Fsp3) is 0.438. The summed E-state index contributed by atoms with van der Waals surface area (Å²) < 4.78 is 28.2. The fourth-order valence-corrected chi connectivity index (χ4v) is 3.21. The van der Waals surface area contributed by atoms with Gasteiger partial charge in [0.15, 0.2) is 5.69 Å². The number of aryl methyl sites for hydroxylation is 1. The molecule has 0 atom stereocenters. The van der Waals surface area contributed by atoms with Gasteiger partial charge in [-0.3, -0.25) is 9.48 Å². The number of carbonyl (C=O) groups excluding carboxylic acids is 1. The van der Waals surface area contributed by atoms with E-state index in [0.29, 0.717) is 18.2 Å². The molecular weight excluding hydrogens is 356 g/mol. The molecule has 1 aromatic carbocycles. The normalized spacial score (nSPS) is 11.7. The van der Waals surface area contributed by atoms with E-state index in [4.69, 9.17) is 5.73 Å². The number of hydrogen-bond acceptors (Lipinski definition) is 6. The number of sulfonamides is 1. The first-order valence-electron chi connectivity index (χ1n) is 8.33. The van der Waals surface area contributed by atoms with Crippen molar-refractivity contribution in [1.29, 1.82) is 0 Å². The van der Waals surface area contributed by atoms with Gasteiger partial charge in [-0.05, 0) is 30.5 Å². The van der Waals surface area contributed by atoms with Crippen molar-refractivity contribution >= 4 is 21.6 Å². The van der Waals surface area contributed by atoms with Gasteiger partial charge in [-0.25, -0.2) is 13.1 Å². The van der Waals surface area contributed by atoms with E-state index in [1.165, 1.54) is 12.1 Å². The van der Waals surface area contributed by atoms with Crippen LogP contribution in [0.3, 0.4) is 0 Å². The largest absolute Gasteiger partial charge is 0.329 e. The first kappa shape index (κ1) is 20.0. The highest BCUT2D eigenvalue weighted by atomic mass is 32.2. The highest BCUT2D eigenvalue weighted by Gasteiger charge is 2.15. The van der Waals surface area contributed by atoms with Crippen LogP contribution in [0, 0.1) is 5.92 Å². The number of anilines is 1. The van der Waals surface area contributed by atoms with E-state index in [9.17, 15) is 13.2 Å². The summed E-state index contributed by atoms with van der Waals surface area (Å²) in [5.74, 6) is 0.0688. The van der Waals surface area contributed by atoms with Crippen LogP contribution in [-0.4, -0.2) is 42.4 Å². The first-order chi connectivity index (χ1) is 12.3. The first-order valence-corrected chi connectivity index (χ1v) is 9.81. The third-order valence-electron chi connectivity index (χ3n) is 3.55. The molecule has 1 heterocycles. The van der Waals surface area contributed by atoms with Crippen LogP contribution in [0.2, 0.25) is 0 Å². The van der Waals surface area contributed by atoms with Crippen LogP contribution < -0.4 is 15.8 Å². The lowest BCUT2D eigenvalue weighted by molar-refractivity contribution is 0.102. The summed E-state index contributed by atoms with van der Waals surface area (Å²) in [5.41, 5.74) is 5.83. The maximum atomic E-state index is 12.3. The Morgan fingerprint density at radius 3 is 2.81 bits per heavy atom. The number of aromatic nitrogens is 3. The Bertz CT molecular complexity index is 847. The third-order valence-corrected chi connectivity index (χ3v) is 5.00. The average Bonchev–Trinajstić information content (AvgIpc) is 3.08. The molecule has 0 radical (unpaired) electrons. The van der Waals surface area contributed by atoms with Crippen molar-refractivity contribution in [1.82, 2.24) is 19.7 Å². The molecule has 0 aliphatic carbocycles. The van der Waals surface area contributed by atoms with Gasteiger partial charge in [0, 0.05) is 25.3 Å². The predicted molar refractivity (Wildman–Crippen MR) is 98.1 cm³/mol. The maximum absolute atomic E-state index is 12.3. The molecule has 0 spiro atoms. The van der Waals surface area contributed by atoms with Gasteiger partial charge in [0.25, 0.3) is 5.91 Å². The Morgan fingerprint density at radius 1 is 1.35 bits per heavy atom. The van der Waals surface area contributed by atoms with Gasteiger partial charge in [0.1, 0.15) is 0 Å². The standard InChI is InChI=1S/C16H24N6O3S/c1-12(2)6-9-22-11-15(20-21-22)16(23)19-13-4-3-5-14(10-13)26(24,25)18-8-7-17/h3-5,10-12,18H,6-9,17H2,1-2H3,(H,19,23). The Hall–Kier alpha value is -2.30. The van der Waals surface area contributed by atoms with Crippen molar-refractivity contribution in [2.75, 3.05) is 18.4 Å². The number of amides is 1. The summed E-state index contributed by atoms with van der Waals surface area (Å²) in [5, 5.41) is 10.4. The molecule has 26 heavy (non-hydrogen) atoms. The lowest BCUT2D eigenvalue weighted by atomic mass is 10.1. The van der Waals surface area contributed by atoms with E-state index in [1.807, 2.05) is 0 Å². The summed E-state index contributed by atoms with van der Waals surface area (Å²) in [6, 6.07) is 5.96. The monoisotopic (exact) mass is 380 g/mol. The van der Waals surface area contributed by atoms with Crippen molar-refractivity contribution in [2.24, 2.45) is 11.7 Å². The molecule has 2 aromatic rings. The Balaban J connectivity index is 2.06. The van der Waals surface area contributed by atoms with Gasteiger partial charge in [-0.15, -0.1) is 5.10 Å². The smallest absolute Gasteiger partial charge is 0.277 e. The molecule has 1 amide bonds. The van der Waals surface area contributed by atoms with Crippen molar-refractivity contribution in [2.45, 2.75) is 31.7 Å². The minimum Gasteiger partial charge on any atom is -0.329 e. The number of nitrogens with two attached hydrogens (primary N) is 1. The number of nitrogens with zero attached hydrogens (tertiary/aromatic N) is 3. The Kier molecular flexibility index (Phi) is 6.83. The van der Waals surface area contributed by atoms with Gasteiger partial charge in [0.2, 0.25) is 10.0 Å². The molecule has 4 N–H and O–H groups in total. The second kappa shape index (κ2) is 8.88. The summed E-state index contributed by atoms with van der Waals surface area (Å²) in [4.78, 5) is 12.3. The van der Waals surface area contributed by atoms with Crippen molar-refractivity contribution in [3.05, 3.63) is 36.2 Å². The topological polar surface area (TPSA) is 132 Å². The molecule has 10 heteroatoms. The van der Waals surface area contributed by atoms with Crippen molar-refractivity contribution < 1.29 is 13.2 Å². The van der Waals surface area contributed by atoms with E-state index in [1.54, 1.807) is 23.0 Å². The van der Waals surface area contributed by atoms with Crippen molar-refractivity contribution in [3.63, 3.8) is 0 Å². The van der Waals surface area contributed by atoms with Crippen molar-refractivity contribution in [3.8, 4) is 0 Å². The fourth-order valence-electron chi connectivity index (χ4n) is 2.11. The van der Waals surface area contributed by atoms with Crippen LogP contribution in [-0.2, 0) is 16.6 Å². The predicted octanol–water partition coefficient (Wildman–Crippen LogP) is 0.814. The highest BCUT2D eigenvalue weighted by Crippen LogP contribution is 2.16. The molecular formula is C16H24N6O3S. The molecule has 9 nitrogen and oxygen atoms in total. The maximum Gasteiger partial charge on any atom is 0.277 e. The molecule has 142 valence electrons. The van der Waals surface area contributed by atoms with Crippen LogP contribution in [0.25, 0.3) is 0 Å². The van der Waals surface area contributed by atoms with E-state index in [0.717, 1.165) is 6.42 Å². The Morgan fingerprint density at radius 2 is 2.12 bits per heavy atom. The van der Waals surface area contributed by atoms with E-state index in [2.05, 4.69) is 34.2 Å². The number of hydrogen-bond donors (Lipinski definition) is 3. The molecule has 0 unspecified atom stereocenters. The van der Waals surface area contributed by atoms with Gasteiger partial charge >= 0.3 is 0 Å². The summed E-state index contributed by atoms with van der Waals surface area (Å²) in [6.07, 6.45) is 2.50. The molecule has 0 aliphatic rings. The lowest BCUT2D eigenvalue weighted by Gasteiger charge is -2.08. The van der Waals surface area contributed by atoms with Crippen LogP contribution in [0.1, 0.15) is 30.8 Å². The summed E-state index contributed by atoms with van der Waals surface area (Å²) in [6.45, 7) is 5.22. The second-order valence-electron chi connectivity index (χ2n) is 6.22. The number of benzene rings is 1. The number of nitrogens with one attached hydrogen (secondary N) is 2. The van der Waals surface area contributed by atoms with Crippen LogP contribution >= 0.6 is 0 Å². The summed E-state index contributed by atoms with van der Waals surface area (Å²) >= 11 is 0. The molecule has 1 aromatic heterocycles. The minimum atomic E-state index is -3.67. The van der Waals surface area contributed by atoms with Crippen LogP contribution in [0.4, 0.5) is 5.69 Å². The zero-order chi connectivity index (χ0) is 19.2. The zero-order valence-electron chi connectivity index (χ0n) is 14.8. The molecule has 0 saturated heterocycles. The zero-order valence-corrected chi connectivity index (χ0v) is 15.7. The second-order valence-corrected chi connectivity index (χ2v) is 7.98. The minimum absolute atomic E-state index is 0.0457. The van der Waals surface area contributed by atoms with Gasteiger partial charge in [-0.1, -0.05) is 25.1 Å². The Labute approximate surface area is 153 Å². The van der Waals surface area contributed by atoms with E-state index >= 15 is 0 Å². The van der Waals surface area contributed by atoms with Gasteiger partial charge in [-0.2, -0.15) is 0 Å². The van der Waals surface area contributed by atoms with Crippen LogP contribution in [0.5, 0.6) is 0 Å². The molecule has 0 fully saturated rings. The van der Waals surface area contributed by atoms with E-state index < -0.39 is 15.9 Å². The highest BCUT2D eigenvalue weighted by molar-refractivity contribution is 7.89. The molecule has 0 saturated carbocycles. The molecule has 2 rings (SSSR count). The van der Waals surface area contributed by atoms with Gasteiger partial charge in [0.05, 0.1) is 11.1 Å². The number of carbonyl (C=O) groups is 1. The lowest BCUT2D eigenvalue weighted by Crippen LogP contribution is -2.29. The third kappa shape index (κ3) is 5.61. The SMILES string of the molecule is CC(C)CCn1cc(C(=O)Nc2cccc(S(=O)(=O)NCCN)c2)nn1. The molecule has 0 aliphatic heterocycles.